The fourth-order valence-electron chi connectivity index (χ4n) is 1.96. The summed E-state index contributed by atoms with van der Waals surface area (Å²) in [7, 11) is 3.03. The number of ether oxygens (including phenoxy) is 1. The lowest BCUT2D eigenvalue weighted by Gasteiger charge is -2.17. The lowest BCUT2D eigenvalue weighted by molar-refractivity contribution is -0.144. The van der Waals surface area contributed by atoms with Crippen LogP contribution in [-0.4, -0.2) is 18.7 Å². The SMILES string of the molecule is CCCCC(OC(C)=O)C(C)=CCCC(C)=CCOPP. The summed E-state index contributed by atoms with van der Waals surface area (Å²) in [5.74, 6) is -0.199. The van der Waals surface area contributed by atoms with Crippen LogP contribution in [0.25, 0.3) is 0 Å². The van der Waals surface area contributed by atoms with Gasteiger partial charge in [-0.15, -0.1) is 0 Å². The van der Waals surface area contributed by atoms with Crippen molar-refractivity contribution in [2.24, 2.45) is 0 Å². The van der Waals surface area contributed by atoms with E-state index in [2.05, 4.69) is 41.9 Å². The Bertz CT molecular complexity index is 351. The van der Waals surface area contributed by atoms with Gasteiger partial charge in [0.25, 0.3) is 0 Å². The van der Waals surface area contributed by atoms with E-state index >= 15 is 0 Å². The van der Waals surface area contributed by atoms with Crippen molar-refractivity contribution in [2.75, 3.05) is 6.61 Å². The molecule has 0 amide bonds. The van der Waals surface area contributed by atoms with E-state index in [1.165, 1.54) is 12.5 Å². The summed E-state index contributed by atoms with van der Waals surface area (Å²) in [6, 6.07) is 0. The smallest absolute Gasteiger partial charge is 0.303 e. The predicted octanol–water partition coefficient (Wildman–Crippen LogP) is 5.18. The topological polar surface area (TPSA) is 35.5 Å². The van der Waals surface area contributed by atoms with Gasteiger partial charge in [0.15, 0.2) is 0 Å². The third kappa shape index (κ3) is 12.0. The maximum Gasteiger partial charge on any atom is 0.303 e. The Balaban J connectivity index is 4.32. The van der Waals surface area contributed by atoms with Gasteiger partial charge >= 0.3 is 5.97 Å². The number of unbranched alkanes of at least 4 members (excludes halogenated alkanes) is 1. The number of allylic oxidation sites excluding steroid dienone is 2. The molecule has 21 heavy (non-hydrogen) atoms. The standard InChI is InChI=1S/C16H30O3P2/c1-5-6-10-16(19-15(4)17)14(3)9-7-8-13(2)11-12-18-21-20/h9,11,16,21H,5-8,10,12,20H2,1-4H3. The maximum atomic E-state index is 11.2. The number of carbonyl (C=O) groups excluding carboxylic acids is 1. The molecule has 0 radical (unpaired) electrons. The highest BCUT2D eigenvalue weighted by atomic mass is 32.0. The lowest BCUT2D eigenvalue weighted by atomic mass is 10.0. The fourth-order valence-corrected chi connectivity index (χ4v) is 2.43. The van der Waals surface area contributed by atoms with Gasteiger partial charge in [-0.2, -0.15) is 0 Å². The van der Waals surface area contributed by atoms with Gasteiger partial charge in [-0.3, -0.25) is 4.79 Å². The Morgan fingerprint density at radius 2 is 2.00 bits per heavy atom. The van der Waals surface area contributed by atoms with Crippen LogP contribution in [0.4, 0.5) is 0 Å². The first kappa shape index (κ1) is 20.8. The first-order chi connectivity index (χ1) is 10.0. The second-order valence-corrected chi connectivity index (χ2v) is 6.44. The van der Waals surface area contributed by atoms with E-state index in [0.29, 0.717) is 15.1 Å². The first-order valence-electron chi connectivity index (χ1n) is 7.58. The molecule has 0 aliphatic carbocycles. The molecule has 0 aliphatic rings. The molecule has 5 heteroatoms. The van der Waals surface area contributed by atoms with Crippen LogP contribution in [0.5, 0.6) is 0 Å². The van der Waals surface area contributed by atoms with Crippen molar-refractivity contribution in [2.45, 2.75) is 65.9 Å². The highest BCUT2D eigenvalue weighted by Gasteiger charge is 2.13. The average Bonchev–Trinajstić information content (AvgIpc) is 2.43. The molecule has 0 spiro atoms. The number of rotatable bonds is 11. The van der Waals surface area contributed by atoms with Crippen LogP contribution < -0.4 is 0 Å². The Hall–Kier alpha value is -0.230. The van der Waals surface area contributed by atoms with E-state index in [4.69, 9.17) is 9.26 Å². The Labute approximate surface area is 133 Å². The molecular weight excluding hydrogens is 302 g/mol. The van der Waals surface area contributed by atoms with Crippen LogP contribution in [-0.2, 0) is 14.1 Å². The van der Waals surface area contributed by atoms with Crippen molar-refractivity contribution in [3.05, 3.63) is 23.3 Å². The highest BCUT2D eigenvalue weighted by Crippen LogP contribution is 2.21. The molecule has 0 aromatic heterocycles. The molecule has 0 aliphatic heterocycles. The fraction of sp³-hybridized carbons (Fsp3) is 0.688. The second kappa shape index (κ2) is 13.4. The third-order valence-electron chi connectivity index (χ3n) is 3.24. The third-order valence-corrected chi connectivity index (χ3v) is 4.07. The Morgan fingerprint density at radius 3 is 2.57 bits per heavy atom. The minimum atomic E-state index is -0.199. The quantitative estimate of drug-likeness (QED) is 0.226. The van der Waals surface area contributed by atoms with Crippen molar-refractivity contribution in [3.63, 3.8) is 0 Å². The van der Waals surface area contributed by atoms with Gasteiger partial charge in [0.05, 0.1) is 6.61 Å². The van der Waals surface area contributed by atoms with Gasteiger partial charge in [0, 0.05) is 15.4 Å². The molecule has 0 bridgehead atoms. The van der Waals surface area contributed by atoms with E-state index in [9.17, 15) is 4.79 Å². The number of esters is 1. The molecule has 3 nitrogen and oxygen atoms in total. The average molecular weight is 332 g/mol. The van der Waals surface area contributed by atoms with Crippen LogP contribution in [0.1, 0.15) is 59.8 Å². The molecule has 0 aromatic carbocycles. The minimum absolute atomic E-state index is 0.0617. The first-order valence-corrected chi connectivity index (χ1v) is 10.3. The molecule has 0 saturated heterocycles. The van der Waals surface area contributed by atoms with Crippen LogP contribution >= 0.6 is 17.4 Å². The molecular formula is C16H30O3P2. The minimum Gasteiger partial charge on any atom is -0.458 e. The summed E-state index contributed by atoms with van der Waals surface area (Å²) in [4.78, 5) is 11.2. The Kier molecular flexibility index (Phi) is 13.3. The molecule has 122 valence electrons. The zero-order valence-electron chi connectivity index (χ0n) is 13.8. The molecule has 0 fully saturated rings. The molecule has 0 rings (SSSR count). The van der Waals surface area contributed by atoms with Crippen LogP contribution in [0, 0.1) is 0 Å². The van der Waals surface area contributed by atoms with Crippen LogP contribution in [0.3, 0.4) is 0 Å². The van der Waals surface area contributed by atoms with Crippen LogP contribution in [0.15, 0.2) is 23.3 Å². The monoisotopic (exact) mass is 332 g/mol. The van der Waals surface area contributed by atoms with Crippen molar-refractivity contribution in [1.29, 1.82) is 0 Å². The van der Waals surface area contributed by atoms with E-state index in [0.717, 1.165) is 37.7 Å². The van der Waals surface area contributed by atoms with Crippen molar-refractivity contribution in [3.8, 4) is 0 Å². The molecule has 0 saturated carbocycles. The summed E-state index contributed by atoms with van der Waals surface area (Å²) in [5, 5.41) is 0. The van der Waals surface area contributed by atoms with Gasteiger partial charge in [0.1, 0.15) is 6.10 Å². The highest BCUT2D eigenvalue weighted by molar-refractivity contribution is 8.00. The van der Waals surface area contributed by atoms with E-state index < -0.39 is 0 Å². The van der Waals surface area contributed by atoms with E-state index in [1.54, 1.807) is 0 Å². The molecule has 0 N–H and O–H groups in total. The maximum absolute atomic E-state index is 11.2. The zero-order valence-corrected chi connectivity index (χ0v) is 15.9. The van der Waals surface area contributed by atoms with Gasteiger partial charge in [-0.05, 0) is 45.1 Å². The second-order valence-electron chi connectivity index (χ2n) is 5.21. The van der Waals surface area contributed by atoms with E-state index in [1.807, 2.05) is 0 Å². The van der Waals surface area contributed by atoms with Gasteiger partial charge in [-0.25, -0.2) is 0 Å². The summed E-state index contributed by atoms with van der Waals surface area (Å²) >= 11 is 0. The number of hydrogen-bond donors (Lipinski definition) is 0. The van der Waals surface area contributed by atoms with Gasteiger partial charge in [-0.1, -0.05) is 40.0 Å². The van der Waals surface area contributed by atoms with Crippen molar-refractivity contribution in [1.82, 2.24) is 0 Å². The largest absolute Gasteiger partial charge is 0.458 e. The predicted molar refractivity (Wildman–Crippen MR) is 95.8 cm³/mol. The normalized spacial score (nSPS) is 14.7. The Morgan fingerprint density at radius 1 is 1.29 bits per heavy atom. The van der Waals surface area contributed by atoms with Crippen molar-refractivity contribution < 1.29 is 14.1 Å². The summed E-state index contributed by atoms with van der Waals surface area (Å²) in [6.07, 6.45) is 9.35. The molecule has 0 heterocycles. The molecule has 3 unspecified atom stereocenters. The van der Waals surface area contributed by atoms with Gasteiger partial charge < -0.3 is 9.26 Å². The van der Waals surface area contributed by atoms with Crippen molar-refractivity contribution >= 4 is 23.4 Å². The summed E-state index contributed by atoms with van der Waals surface area (Å²) in [5.41, 5.74) is 2.49. The number of carbonyl (C=O) groups is 1. The molecule has 3 atom stereocenters. The van der Waals surface area contributed by atoms with Crippen LogP contribution in [0.2, 0.25) is 0 Å². The summed E-state index contributed by atoms with van der Waals surface area (Å²) in [6.45, 7) is 8.49. The van der Waals surface area contributed by atoms with Gasteiger partial charge in [0.2, 0.25) is 0 Å². The lowest BCUT2D eigenvalue weighted by Crippen LogP contribution is -2.17. The van der Waals surface area contributed by atoms with E-state index in [-0.39, 0.29) is 12.1 Å². The number of hydrogen-bond acceptors (Lipinski definition) is 3. The zero-order chi connectivity index (χ0) is 16.1. The summed E-state index contributed by atoms with van der Waals surface area (Å²) < 4.78 is 10.7. The molecule has 0 aromatic rings.